The summed E-state index contributed by atoms with van der Waals surface area (Å²) in [5.74, 6) is 0.698. The fourth-order valence-corrected chi connectivity index (χ4v) is 10.6. The van der Waals surface area contributed by atoms with E-state index in [-0.39, 0.29) is 0 Å². The highest BCUT2D eigenvalue weighted by Gasteiger charge is 2.23. The standard InChI is InChI=1S/C11H20NO3PS2.C6H14BrO3P.C5H7NS2/c1-5-14-16(13,15-6-2)7-8-17-11-12-9(3)10(4)18-11;1-3-9-11(8,6-5-7)10-4-2;1-3-4(2)8-5(7)6-3/h5-8H2,1-4H3;3-6H2,1-2H3;1-2H3,(H,6,7). The number of thiazole rings is 2. The van der Waals surface area contributed by atoms with Crippen molar-refractivity contribution >= 4 is 77.8 Å². The monoisotopic (exact) mass is 698 g/mol. The van der Waals surface area contributed by atoms with Gasteiger partial charge in [0.2, 0.25) is 0 Å². The highest BCUT2D eigenvalue weighted by atomic mass is 79.9. The molecule has 0 aliphatic rings. The Bertz CT molecular complexity index is 971. The maximum atomic E-state index is 12.2. The molecule has 0 amide bonds. The Morgan fingerprint density at radius 1 is 0.865 bits per heavy atom. The molecule has 0 radical (unpaired) electrons. The smallest absolute Gasteiger partial charge is 0.331 e. The summed E-state index contributed by atoms with van der Waals surface area (Å²) >= 11 is 13.0. The van der Waals surface area contributed by atoms with Crippen molar-refractivity contribution in [3.05, 3.63) is 25.1 Å². The van der Waals surface area contributed by atoms with Crippen LogP contribution >= 0.6 is 77.8 Å². The third kappa shape index (κ3) is 16.5. The Labute approximate surface area is 248 Å². The number of aromatic nitrogens is 2. The van der Waals surface area contributed by atoms with Gasteiger partial charge in [-0.3, -0.25) is 9.13 Å². The van der Waals surface area contributed by atoms with Crippen LogP contribution in [0.25, 0.3) is 0 Å². The number of aryl methyl sites for hydroxylation is 4. The van der Waals surface area contributed by atoms with Crippen LogP contribution in [0.1, 0.15) is 48.8 Å². The number of hydrogen-bond acceptors (Lipinski definition) is 11. The molecule has 216 valence electrons. The van der Waals surface area contributed by atoms with Crippen molar-refractivity contribution in [2.24, 2.45) is 0 Å². The van der Waals surface area contributed by atoms with Gasteiger partial charge in [-0.15, -0.1) is 22.7 Å². The Morgan fingerprint density at radius 2 is 1.35 bits per heavy atom. The molecule has 0 spiro atoms. The van der Waals surface area contributed by atoms with E-state index in [0.717, 1.165) is 14.0 Å². The van der Waals surface area contributed by atoms with Gasteiger partial charge < -0.3 is 23.1 Å². The third-order valence-electron chi connectivity index (χ3n) is 4.32. The molecule has 2 aromatic heterocycles. The Balaban J connectivity index is 0.000000579. The van der Waals surface area contributed by atoms with Gasteiger partial charge in [0, 0.05) is 26.5 Å². The predicted octanol–water partition coefficient (Wildman–Crippen LogP) is 9.19. The first-order valence-electron chi connectivity index (χ1n) is 11.9. The van der Waals surface area contributed by atoms with Crippen LogP contribution < -0.4 is 0 Å². The molecule has 0 atom stereocenters. The van der Waals surface area contributed by atoms with Crippen LogP contribution in [0.5, 0.6) is 0 Å². The molecule has 0 fully saturated rings. The highest BCUT2D eigenvalue weighted by molar-refractivity contribution is 9.09. The van der Waals surface area contributed by atoms with E-state index < -0.39 is 15.2 Å². The summed E-state index contributed by atoms with van der Waals surface area (Å²) in [4.78, 5) is 9.99. The zero-order valence-corrected chi connectivity index (χ0v) is 29.6. The molecule has 2 heterocycles. The summed E-state index contributed by atoms with van der Waals surface area (Å²) in [6, 6.07) is 0. The number of thioether (sulfide) groups is 1. The molecule has 2 aromatic rings. The van der Waals surface area contributed by atoms with Crippen molar-refractivity contribution in [1.29, 1.82) is 0 Å². The molecular formula is C22H41BrN2O6P2S4. The van der Waals surface area contributed by atoms with Crippen LogP contribution in [-0.4, -0.2) is 59.8 Å². The molecule has 0 aromatic carbocycles. The SMILES string of the molecule is CCOP(=O)(CCBr)OCC.CCOP(=O)(CCSc1nc(C)c(C)s1)OCC.Cc1[nH]c(=S)sc1C. The number of nitrogens with one attached hydrogen (secondary N) is 1. The summed E-state index contributed by atoms with van der Waals surface area (Å²) in [6.45, 7) is 17.1. The van der Waals surface area contributed by atoms with E-state index in [1.54, 1.807) is 48.3 Å². The number of nitrogens with zero attached hydrogens (tertiary/aromatic N) is 1. The van der Waals surface area contributed by atoms with Gasteiger partial charge in [0.05, 0.1) is 44.4 Å². The van der Waals surface area contributed by atoms with Crippen LogP contribution in [-0.2, 0) is 27.2 Å². The third-order valence-corrected chi connectivity index (χ3v) is 13.3. The Hall–Kier alpha value is 0.610. The van der Waals surface area contributed by atoms with Gasteiger partial charge in [-0.2, -0.15) is 0 Å². The number of rotatable bonds is 14. The molecule has 0 saturated carbocycles. The van der Waals surface area contributed by atoms with Crippen molar-refractivity contribution in [2.75, 3.05) is 49.8 Å². The molecule has 0 aliphatic carbocycles. The van der Waals surface area contributed by atoms with Crippen LogP contribution in [0.4, 0.5) is 0 Å². The minimum Gasteiger partial charge on any atom is -0.341 e. The van der Waals surface area contributed by atoms with E-state index in [2.05, 4.69) is 39.7 Å². The number of H-pyrrole nitrogens is 1. The summed E-state index contributed by atoms with van der Waals surface area (Å²) in [5.41, 5.74) is 2.26. The minimum atomic E-state index is -2.91. The second-order valence-corrected chi connectivity index (χ2v) is 16.8. The zero-order valence-electron chi connectivity index (χ0n) is 23.0. The van der Waals surface area contributed by atoms with Gasteiger partial charge in [0.15, 0.2) is 3.95 Å². The molecule has 0 aliphatic heterocycles. The normalized spacial score (nSPS) is 11.5. The lowest BCUT2D eigenvalue weighted by molar-refractivity contribution is 0.220. The van der Waals surface area contributed by atoms with Crippen LogP contribution in [0.2, 0.25) is 0 Å². The van der Waals surface area contributed by atoms with E-state index in [0.29, 0.717) is 49.8 Å². The lowest BCUT2D eigenvalue weighted by Gasteiger charge is -2.16. The second-order valence-electron chi connectivity index (χ2n) is 7.19. The van der Waals surface area contributed by atoms with Gasteiger partial charge in [-0.05, 0) is 67.6 Å². The van der Waals surface area contributed by atoms with Gasteiger partial charge in [0.25, 0.3) is 0 Å². The summed E-state index contributed by atoms with van der Waals surface area (Å²) in [5, 5.41) is 0.643. The van der Waals surface area contributed by atoms with Crippen molar-refractivity contribution in [3.8, 4) is 0 Å². The largest absolute Gasteiger partial charge is 0.341 e. The molecule has 0 bridgehead atoms. The first kappa shape index (κ1) is 37.6. The van der Waals surface area contributed by atoms with Crippen molar-refractivity contribution in [3.63, 3.8) is 0 Å². The molecule has 37 heavy (non-hydrogen) atoms. The van der Waals surface area contributed by atoms with Crippen molar-refractivity contribution in [1.82, 2.24) is 9.97 Å². The van der Waals surface area contributed by atoms with E-state index >= 15 is 0 Å². The fourth-order valence-electron chi connectivity index (χ4n) is 2.46. The molecule has 2 rings (SSSR count). The van der Waals surface area contributed by atoms with Crippen LogP contribution in [0.15, 0.2) is 4.34 Å². The first-order valence-corrected chi connectivity index (χ1v) is 19.5. The number of alkyl halides is 1. The van der Waals surface area contributed by atoms with Gasteiger partial charge >= 0.3 is 15.2 Å². The van der Waals surface area contributed by atoms with Gasteiger partial charge in [0.1, 0.15) is 4.34 Å². The average molecular weight is 700 g/mol. The Morgan fingerprint density at radius 3 is 1.65 bits per heavy atom. The van der Waals surface area contributed by atoms with Crippen molar-refractivity contribution < 1.29 is 27.2 Å². The van der Waals surface area contributed by atoms with Crippen LogP contribution in [0.3, 0.4) is 0 Å². The Kier molecular flexibility index (Phi) is 20.8. The molecule has 0 saturated heterocycles. The predicted molar refractivity (Wildman–Crippen MR) is 167 cm³/mol. The highest BCUT2D eigenvalue weighted by Crippen LogP contribution is 2.49. The lowest BCUT2D eigenvalue weighted by atomic mass is 10.4. The van der Waals surface area contributed by atoms with Gasteiger partial charge in [-0.1, -0.05) is 27.7 Å². The van der Waals surface area contributed by atoms with Gasteiger partial charge in [-0.25, -0.2) is 4.98 Å². The summed E-state index contributed by atoms with van der Waals surface area (Å²) in [6.07, 6.45) is 0.867. The lowest BCUT2D eigenvalue weighted by Crippen LogP contribution is -2.01. The van der Waals surface area contributed by atoms with Crippen LogP contribution in [0, 0.1) is 31.6 Å². The van der Waals surface area contributed by atoms with Crippen molar-refractivity contribution in [2.45, 2.75) is 59.7 Å². The summed E-state index contributed by atoms with van der Waals surface area (Å²) in [7, 11) is -5.67. The molecular weight excluding hydrogens is 658 g/mol. The van der Waals surface area contributed by atoms with E-state index in [4.69, 9.17) is 30.3 Å². The number of aromatic amines is 1. The zero-order chi connectivity index (χ0) is 28.5. The van der Waals surface area contributed by atoms with E-state index in [1.807, 2.05) is 27.7 Å². The molecule has 8 nitrogen and oxygen atoms in total. The molecule has 1 N–H and O–H groups in total. The average Bonchev–Trinajstić information content (AvgIpc) is 3.27. The molecule has 0 unspecified atom stereocenters. The second kappa shape index (κ2) is 20.5. The minimum absolute atomic E-state index is 0.414. The number of halogens is 1. The quantitative estimate of drug-likeness (QED) is 0.0896. The maximum Gasteiger partial charge on any atom is 0.331 e. The van der Waals surface area contributed by atoms with E-state index in [9.17, 15) is 9.13 Å². The molecule has 15 heteroatoms. The maximum absolute atomic E-state index is 12.2. The first-order chi connectivity index (χ1) is 17.4. The topological polar surface area (TPSA) is 99.7 Å². The number of hydrogen-bond donors (Lipinski definition) is 1. The summed E-state index contributed by atoms with van der Waals surface area (Å²) < 4.78 is 46.1. The fraction of sp³-hybridized carbons (Fsp3) is 0.727. The van der Waals surface area contributed by atoms with E-state index in [1.165, 1.54) is 15.4 Å².